The van der Waals surface area contributed by atoms with E-state index in [9.17, 15) is 8.78 Å². The van der Waals surface area contributed by atoms with Crippen LogP contribution in [0, 0.1) is 0 Å². The second-order valence-corrected chi connectivity index (χ2v) is 3.63. The number of fused-ring (bicyclic) bond motifs is 1. The van der Waals surface area contributed by atoms with Crippen LogP contribution in [0.1, 0.15) is 12.0 Å². The Labute approximate surface area is 92.4 Å². The van der Waals surface area contributed by atoms with Crippen molar-refractivity contribution in [2.45, 2.75) is 12.3 Å². The minimum Gasteiger partial charge on any atom is -0.454 e. The lowest BCUT2D eigenvalue weighted by molar-refractivity contribution is -0.0125. The van der Waals surface area contributed by atoms with E-state index in [1.165, 1.54) is 18.2 Å². The molecule has 5 heteroatoms. The smallest absolute Gasteiger partial charge is 0.274 e. The van der Waals surface area contributed by atoms with Crippen LogP contribution in [0.15, 0.2) is 18.2 Å². The molecule has 0 atom stereocenters. The molecule has 1 aromatic carbocycles. The van der Waals surface area contributed by atoms with Crippen molar-refractivity contribution in [3.63, 3.8) is 0 Å². The molecule has 16 heavy (non-hydrogen) atoms. The van der Waals surface area contributed by atoms with Gasteiger partial charge in [-0.25, -0.2) is 8.78 Å². The quantitative estimate of drug-likeness (QED) is 0.857. The first-order valence-corrected chi connectivity index (χ1v) is 5.06. The summed E-state index contributed by atoms with van der Waals surface area (Å²) in [6.07, 6.45) is -0.233. The van der Waals surface area contributed by atoms with Crippen molar-refractivity contribution in [1.29, 1.82) is 0 Å². The third-order valence-electron chi connectivity index (χ3n) is 2.48. The zero-order chi connectivity index (χ0) is 11.6. The largest absolute Gasteiger partial charge is 0.454 e. The van der Waals surface area contributed by atoms with Crippen LogP contribution in [-0.2, 0) is 5.92 Å². The summed E-state index contributed by atoms with van der Waals surface area (Å²) in [5.41, 5.74) is -0.0352. The van der Waals surface area contributed by atoms with Crippen molar-refractivity contribution in [1.82, 2.24) is 5.32 Å². The van der Waals surface area contributed by atoms with Gasteiger partial charge in [-0.2, -0.15) is 0 Å². The molecule has 1 N–H and O–H groups in total. The van der Waals surface area contributed by atoms with Gasteiger partial charge in [0.25, 0.3) is 5.92 Å². The van der Waals surface area contributed by atoms with Crippen LogP contribution in [0.2, 0.25) is 0 Å². The maximum absolute atomic E-state index is 13.7. The highest BCUT2D eigenvalue weighted by atomic mass is 19.3. The lowest BCUT2D eigenvalue weighted by Crippen LogP contribution is -2.20. The fraction of sp³-hybridized carbons (Fsp3) is 0.455. The number of nitrogens with one attached hydrogen (secondary N) is 1. The van der Waals surface area contributed by atoms with E-state index in [1.807, 2.05) is 0 Å². The lowest BCUT2D eigenvalue weighted by atomic mass is 10.0. The summed E-state index contributed by atoms with van der Waals surface area (Å²) in [6.45, 7) is 0.363. The molecule has 0 aliphatic carbocycles. The summed E-state index contributed by atoms with van der Waals surface area (Å²) in [7, 11) is 1.65. The molecule has 0 radical (unpaired) electrons. The van der Waals surface area contributed by atoms with Crippen LogP contribution < -0.4 is 14.8 Å². The van der Waals surface area contributed by atoms with Gasteiger partial charge < -0.3 is 14.8 Å². The molecular formula is C11H13F2NO2. The molecule has 88 valence electrons. The van der Waals surface area contributed by atoms with E-state index >= 15 is 0 Å². The molecule has 0 bridgehead atoms. The van der Waals surface area contributed by atoms with Gasteiger partial charge in [0.2, 0.25) is 6.79 Å². The fourth-order valence-electron chi connectivity index (χ4n) is 1.55. The normalized spacial score (nSPS) is 14.2. The van der Waals surface area contributed by atoms with E-state index in [0.717, 1.165) is 0 Å². The van der Waals surface area contributed by atoms with E-state index < -0.39 is 5.92 Å². The molecule has 1 aliphatic rings. The van der Waals surface area contributed by atoms with E-state index in [-0.39, 0.29) is 25.3 Å². The Balaban J connectivity index is 2.20. The molecule has 0 aromatic heterocycles. The first kappa shape index (κ1) is 11.1. The average molecular weight is 229 g/mol. The number of rotatable bonds is 4. The Kier molecular flexibility index (Phi) is 2.96. The molecule has 0 spiro atoms. The highest BCUT2D eigenvalue weighted by Crippen LogP contribution is 2.39. The van der Waals surface area contributed by atoms with Crippen LogP contribution in [0.25, 0.3) is 0 Å². The van der Waals surface area contributed by atoms with Gasteiger partial charge in [0.15, 0.2) is 11.5 Å². The van der Waals surface area contributed by atoms with Crippen molar-refractivity contribution in [3.8, 4) is 11.5 Å². The summed E-state index contributed by atoms with van der Waals surface area (Å²) >= 11 is 0. The van der Waals surface area contributed by atoms with Crippen molar-refractivity contribution < 1.29 is 18.3 Å². The minimum absolute atomic E-state index is 0.0352. The molecule has 1 aliphatic heterocycles. The number of halogens is 2. The van der Waals surface area contributed by atoms with E-state index in [1.54, 1.807) is 7.05 Å². The summed E-state index contributed by atoms with van der Waals surface area (Å²) < 4.78 is 37.5. The molecule has 0 unspecified atom stereocenters. The van der Waals surface area contributed by atoms with Gasteiger partial charge in [0.05, 0.1) is 0 Å². The Hall–Kier alpha value is -1.36. The number of benzene rings is 1. The lowest BCUT2D eigenvalue weighted by Gasteiger charge is -2.16. The molecule has 0 saturated heterocycles. The summed E-state index contributed by atoms with van der Waals surface area (Å²) in [4.78, 5) is 0. The SMILES string of the molecule is CNCCC(F)(F)c1ccc2c(c1)OCO2. The Morgan fingerprint density at radius 3 is 2.81 bits per heavy atom. The highest BCUT2D eigenvalue weighted by Gasteiger charge is 2.32. The van der Waals surface area contributed by atoms with E-state index in [2.05, 4.69) is 5.32 Å². The predicted molar refractivity (Wildman–Crippen MR) is 55.0 cm³/mol. The molecule has 1 aromatic rings. The summed E-state index contributed by atoms with van der Waals surface area (Å²) in [5.74, 6) is -1.93. The van der Waals surface area contributed by atoms with Crippen LogP contribution in [0.5, 0.6) is 11.5 Å². The third-order valence-corrected chi connectivity index (χ3v) is 2.48. The number of ether oxygens (including phenoxy) is 2. The van der Waals surface area contributed by atoms with Crippen LogP contribution in [0.4, 0.5) is 8.78 Å². The highest BCUT2D eigenvalue weighted by molar-refractivity contribution is 5.45. The molecule has 0 amide bonds. The fourth-order valence-corrected chi connectivity index (χ4v) is 1.55. The van der Waals surface area contributed by atoms with Gasteiger partial charge in [0.1, 0.15) is 0 Å². The molecule has 3 nitrogen and oxygen atoms in total. The maximum Gasteiger partial charge on any atom is 0.274 e. The average Bonchev–Trinajstić information content (AvgIpc) is 2.73. The zero-order valence-corrected chi connectivity index (χ0v) is 8.93. The first-order valence-electron chi connectivity index (χ1n) is 5.06. The topological polar surface area (TPSA) is 30.5 Å². The van der Waals surface area contributed by atoms with E-state index in [4.69, 9.17) is 9.47 Å². The van der Waals surface area contributed by atoms with Crippen molar-refractivity contribution in [2.75, 3.05) is 20.4 Å². The zero-order valence-electron chi connectivity index (χ0n) is 8.93. The Bertz CT molecular complexity index is 382. The molecule has 0 saturated carbocycles. The van der Waals surface area contributed by atoms with Gasteiger partial charge in [-0.05, 0) is 25.2 Å². The Morgan fingerprint density at radius 1 is 1.31 bits per heavy atom. The molecule has 2 rings (SSSR count). The van der Waals surface area contributed by atoms with Gasteiger partial charge >= 0.3 is 0 Å². The van der Waals surface area contributed by atoms with Crippen LogP contribution >= 0.6 is 0 Å². The minimum atomic E-state index is -2.84. The van der Waals surface area contributed by atoms with Gasteiger partial charge in [0, 0.05) is 18.5 Å². The molecule has 0 fully saturated rings. The van der Waals surface area contributed by atoms with E-state index in [0.29, 0.717) is 11.5 Å². The van der Waals surface area contributed by atoms with Gasteiger partial charge in [-0.15, -0.1) is 0 Å². The van der Waals surface area contributed by atoms with Gasteiger partial charge in [-0.3, -0.25) is 0 Å². The summed E-state index contributed by atoms with van der Waals surface area (Å²) in [5, 5.41) is 2.71. The number of hydrogen-bond acceptors (Lipinski definition) is 3. The summed E-state index contributed by atoms with van der Waals surface area (Å²) in [6, 6.07) is 4.24. The standard InChI is InChI=1S/C11H13F2NO2/c1-14-5-4-11(12,13)8-2-3-9-10(6-8)16-7-15-9/h2-3,6,14H,4-5,7H2,1H3. The Morgan fingerprint density at radius 2 is 2.06 bits per heavy atom. The second kappa shape index (κ2) is 4.25. The van der Waals surface area contributed by atoms with Crippen LogP contribution in [0.3, 0.4) is 0 Å². The predicted octanol–water partition coefficient (Wildman–Crippen LogP) is 2.12. The van der Waals surface area contributed by atoms with Crippen molar-refractivity contribution in [2.24, 2.45) is 0 Å². The van der Waals surface area contributed by atoms with Gasteiger partial charge in [-0.1, -0.05) is 0 Å². The third kappa shape index (κ3) is 2.09. The molecular weight excluding hydrogens is 216 g/mol. The first-order chi connectivity index (χ1) is 7.63. The van der Waals surface area contributed by atoms with Crippen LogP contribution in [-0.4, -0.2) is 20.4 Å². The van der Waals surface area contributed by atoms with Crippen molar-refractivity contribution >= 4 is 0 Å². The second-order valence-electron chi connectivity index (χ2n) is 3.63. The molecule has 1 heterocycles. The van der Waals surface area contributed by atoms with Crippen molar-refractivity contribution in [3.05, 3.63) is 23.8 Å². The number of alkyl halides is 2. The maximum atomic E-state index is 13.7. The number of hydrogen-bond donors (Lipinski definition) is 1. The monoisotopic (exact) mass is 229 g/mol.